The molecule has 0 aromatic carbocycles. The van der Waals surface area contributed by atoms with E-state index in [9.17, 15) is 4.79 Å². The summed E-state index contributed by atoms with van der Waals surface area (Å²) in [4.78, 5) is 25.2. The number of piperazine rings is 1. The highest BCUT2D eigenvalue weighted by Crippen LogP contribution is 2.16. The Morgan fingerprint density at radius 1 is 1.29 bits per heavy atom. The van der Waals surface area contributed by atoms with Gasteiger partial charge in [0.05, 0.1) is 6.54 Å². The SMILES string of the molecule is Cc1nc(CN2CCN(C(=O)C[C@@H](C)n3ccnc3C)CC2)no1. The summed E-state index contributed by atoms with van der Waals surface area (Å²) in [5.74, 6) is 2.43. The van der Waals surface area contributed by atoms with Crippen LogP contribution in [0.15, 0.2) is 16.9 Å². The maximum absolute atomic E-state index is 12.5. The molecule has 24 heavy (non-hydrogen) atoms. The van der Waals surface area contributed by atoms with Crippen LogP contribution in [0.5, 0.6) is 0 Å². The molecule has 1 aliphatic heterocycles. The van der Waals surface area contributed by atoms with Gasteiger partial charge in [-0.15, -0.1) is 0 Å². The quantitative estimate of drug-likeness (QED) is 0.818. The smallest absolute Gasteiger partial charge is 0.224 e. The molecule has 3 heterocycles. The van der Waals surface area contributed by atoms with E-state index in [1.54, 1.807) is 13.1 Å². The molecule has 0 N–H and O–H groups in total. The topological polar surface area (TPSA) is 80.3 Å². The summed E-state index contributed by atoms with van der Waals surface area (Å²) in [6.45, 7) is 9.62. The predicted molar refractivity (Wildman–Crippen MR) is 87.2 cm³/mol. The molecule has 1 aliphatic rings. The number of aromatic nitrogens is 4. The van der Waals surface area contributed by atoms with E-state index in [-0.39, 0.29) is 11.9 Å². The fourth-order valence-corrected chi connectivity index (χ4v) is 3.09. The largest absolute Gasteiger partial charge is 0.340 e. The van der Waals surface area contributed by atoms with Crippen LogP contribution in [0, 0.1) is 13.8 Å². The van der Waals surface area contributed by atoms with Crippen molar-refractivity contribution in [2.75, 3.05) is 26.2 Å². The van der Waals surface area contributed by atoms with Gasteiger partial charge >= 0.3 is 0 Å². The standard InChI is InChI=1S/C16H24N6O2/c1-12(22-5-4-17-13(22)2)10-16(23)21-8-6-20(7-9-21)11-15-18-14(3)24-19-15/h4-5,12H,6-11H2,1-3H3/t12-/m1/s1. The third kappa shape index (κ3) is 3.81. The highest BCUT2D eigenvalue weighted by molar-refractivity contribution is 5.76. The normalized spacial score (nSPS) is 17.2. The second-order valence-electron chi connectivity index (χ2n) is 6.32. The van der Waals surface area contributed by atoms with Gasteiger partial charge in [0.2, 0.25) is 11.8 Å². The Kier molecular flexibility index (Phi) is 4.94. The van der Waals surface area contributed by atoms with E-state index < -0.39 is 0 Å². The zero-order valence-electron chi connectivity index (χ0n) is 14.5. The van der Waals surface area contributed by atoms with Gasteiger partial charge in [0, 0.05) is 58.0 Å². The Bertz CT molecular complexity index is 686. The van der Waals surface area contributed by atoms with Crippen LogP contribution in [0.25, 0.3) is 0 Å². The molecule has 1 fully saturated rings. The summed E-state index contributed by atoms with van der Waals surface area (Å²) in [6, 6.07) is 0.125. The zero-order chi connectivity index (χ0) is 17.1. The second-order valence-corrected chi connectivity index (χ2v) is 6.32. The first kappa shape index (κ1) is 16.6. The highest BCUT2D eigenvalue weighted by Gasteiger charge is 2.23. The lowest BCUT2D eigenvalue weighted by Gasteiger charge is -2.34. The molecule has 8 nitrogen and oxygen atoms in total. The van der Waals surface area contributed by atoms with Crippen molar-refractivity contribution < 1.29 is 9.32 Å². The molecule has 130 valence electrons. The Labute approximate surface area is 141 Å². The number of carbonyl (C=O) groups excluding carboxylic acids is 1. The van der Waals surface area contributed by atoms with Crippen molar-refractivity contribution in [2.24, 2.45) is 0 Å². The molecule has 0 unspecified atom stereocenters. The Hall–Kier alpha value is -2.22. The lowest BCUT2D eigenvalue weighted by molar-refractivity contribution is -0.133. The number of hydrogen-bond acceptors (Lipinski definition) is 6. The van der Waals surface area contributed by atoms with Gasteiger partial charge in [-0.1, -0.05) is 5.16 Å². The van der Waals surface area contributed by atoms with Gasteiger partial charge in [-0.25, -0.2) is 4.98 Å². The summed E-state index contributed by atoms with van der Waals surface area (Å²) >= 11 is 0. The number of amides is 1. The predicted octanol–water partition coefficient (Wildman–Crippen LogP) is 1.18. The van der Waals surface area contributed by atoms with E-state index >= 15 is 0 Å². The number of nitrogens with zero attached hydrogens (tertiary/aromatic N) is 6. The number of rotatable bonds is 5. The van der Waals surface area contributed by atoms with E-state index in [0.717, 1.165) is 32.0 Å². The summed E-state index contributed by atoms with van der Waals surface area (Å²) < 4.78 is 7.04. The average molecular weight is 332 g/mol. The third-order valence-electron chi connectivity index (χ3n) is 4.47. The minimum Gasteiger partial charge on any atom is -0.340 e. The van der Waals surface area contributed by atoms with Crippen LogP contribution in [0.1, 0.15) is 36.9 Å². The first-order valence-electron chi connectivity index (χ1n) is 8.31. The van der Waals surface area contributed by atoms with Crippen molar-refractivity contribution in [1.82, 2.24) is 29.5 Å². The van der Waals surface area contributed by atoms with Gasteiger partial charge in [-0.3, -0.25) is 9.69 Å². The molecule has 8 heteroatoms. The maximum atomic E-state index is 12.5. The first-order chi connectivity index (χ1) is 11.5. The minimum atomic E-state index is 0.125. The molecule has 0 radical (unpaired) electrons. The Morgan fingerprint density at radius 2 is 2.04 bits per heavy atom. The van der Waals surface area contributed by atoms with Gasteiger partial charge in [0.25, 0.3) is 0 Å². The first-order valence-corrected chi connectivity index (χ1v) is 8.31. The van der Waals surface area contributed by atoms with Crippen LogP contribution >= 0.6 is 0 Å². The Morgan fingerprint density at radius 3 is 2.62 bits per heavy atom. The monoisotopic (exact) mass is 332 g/mol. The molecule has 0 spiro atoms. The van der Waals surface area contributed by atoms with Gasteiger partial charge in [-0.2, -0.15) is 4.98 Å². The molecular formula is C16H24N6O2. The molecule has 0 saturated carbocycles. The lowest BCUT2D eigenvalue weighted by Crippen LogP contribution is -2.48. The zero-order valence-corrected chi connectivity index (χ0v) is 14.5. The van der Waals surface area contributed by atoms with Crippen LogP contribution in [0.2, 0.25) is 0 Å². The number of carbonyl (C=O) groups is 1. The van der Waals surface area contributed by atoms with Crippen molar-refractivity contribution in [1.29, 1.82) is 0 Å². The number of hydrogen-bond donors (Lipinski definition) is 0. The molecule has 2 aromatic rings. The number of aryl methyl sites for hydroxylation is 2. The molecule has 0 aliphatic carbocycles. The van der Waals surface area contributed by atoms with E-state index in [1.165, 1.54) is 0 Å². The average Bonchev–Trinajstić information content (AvgIpc) is 3.16. The molecule has 2 aromatic heterocycles. The summed E-state index contributed by atoms with van der Waals surface area (Å²) in [5, 5.41) is 3.92. The van der Waals surface area contributed by atoms with Crippen molar-refractivity contribution in [3.63, 3.8) is 0 Å². The fraction of sp³-hybridized carbons (Fsp3) is 0.625. The van der Waals surface area contributed by atoms with Crippen LogP contribution < -0.4 is 0 Å². The van der Waals surface area contributed by atoms with E-state index in [0.29, 0.717) is 24.7 Å². The highest BCUT2D eigenvalue weighted by atomic mass is 16.5. The summed E-state index contributed by atoms with van der Waals surface area (Å²) in [7, 11) is 0. The molecule has 0 bridgehead atoms. The van der Waals surface area contributed by atoms with E-state index in [1.807, 2.05) is 22.6 Å². The number of imidazole rings is 1. The second kappa shape index (κ2) is 7.12. The molecule has 3 rings (SSSR count). The van der Waals surface area contributed by atoms with Crippen molar-refractivity contribution >= 4 is 5.91 Å². The van der Waals surface area contributed by atoms with Crippen LogP contribution in [-0.4, -0.2) is 61.6 Å². The maximum Gasteiger partial charge on any atom is 0.224 e. The Balaban J connectivity index is 1.47. The van der Waals surface area contributed by atoms with Crippen molar-refractivity contribution in [2.45, 2.75) is 39.8 Å². The molecule has 1 saturated heterocycles. The summed E-state index contributed by atoms with van der Waals surface area (Å²) in [5.41, 5.74) is 0. The summed E-state index contributed by atoms with van der Waals surface area (Å²) in [6.07, 6.45) is 4.20. The van der Waals surface area contributed by atoms with Crippen molar-refractivity contribution in [3.05, 3.63) is 29.9 Å². The minimum absolute atomic E-state index is 0.125. The van der Waals surface area contributed by atoms with Gasteiger partial charge in [0.15, 0.2) is 5.82 Å². The van der Waals surface area contributed by atoms with Crippen LogP contribution in [0.3, 0.4) is 0 Å². The van der Waals surface area contributed by atoms with Crippen molar-refractivity contribution in [3.8, 4) is 0 Å². The van der Waals surface area contributed by atoms with Crippen LogP contribution in [-0.2, 0) is 11.3 Å². The van der Waals surface area contributed by atoms with E-state index in [4.69, 9.17) is 4.52 Å². The van der Waals surface area contributed by atoms with E-state index in [2.05, 4.69) is 26.9 Å². The third-order valence-corrected chi connectivity index (χ3v) is 4.47. The van der Waals surface area contributed by atoms with Gasteiger partial charge < -0.3 is 14.0 Å². The van der Waals surface area contributed by atoms with Crippen LogP contribution in [0.4, 0.5) is 0 Å². The van der Waals surface area contributed by atoms with Gasteiger partial charge in [-0.05, 0) is 13.8 Å². The molecule has 1 atom stereocenters. The fourth-order valence-electron chi connectivity index (χ4n) is 3.09. The molecule has 1 amide bonds. The van der Waals surface area contributed by atoms with Gasteiger partial charge in [0.1, 0.15) is 5.82 Å². The lowest BCUT2D eigenvalue weighted by atomic mass is 10.2. The molecular weight excluding hydrogens is 308 g/mol.